The second-order valence-corrected chi connectivity index (χ2v) is 7.85. The van der Waals surface area contributed by atoms with E-state index in [1.165, 1.54) is 0 Å². The predicted octanol–water partition coefficient (Wildman–Crippen LogP) is 1.57. The summed E-state index contributed by atoms with van der Waals surface area (Å²) in [6.45, 7) is 3.35. The number of rotatable bonds is 11. The third-order valence-corrected chi connectivity index (χ3v) is 4.78. The van der Waals surface area contributed by atoms with Gasteiger partial charge in [0.25, 0.3) is 0 Å². The molecule has 2 aromatic rings. The highest BCUT2D eigenvalue weighted by molar-refractivity contribution is 6.26. The van der Waals surface area contributed by atoms with Crippen molar-refractivity contribution in [3.8, 4) is 0 Å². The molecule has 0 radical (unpaired) electrons. The molecule has 0 spiro atoms. The molecule has 168 valence electrons. The van der Waals surface area contributed by atoms with Gasteiger partial charge in [-0.05, 0) is 44.0 Å². The fraction of sp³-hybridized carbons (Fsp3) is 0.455. The van der Waals surface area contributed by atoms with E-state index < -0.39 is 35.9 Å². The van der Waals surface area contributed by atoms with Crippen LogP contribution in [0.4, 0.5) is 5.69 Å². The number of Topliss-reactive ketones (excluding diaryl/α,β-unsaturated/α-hetero) is 1. The van der Waals surface area contributed by atoms with Crippen LogP contribution in [0, 0.1) is 5.41 Å². The summed E-state index contributed by atoms with van der Waals surface area (Å²) in [5.74, 6) is -1.88. The van der Waals surface area contributed by atoms with Gasteiger partial charge in [0.2, 0.25) is 5.91 Å². The number of carbonyl (C=O) groups excluding carboxylic acids is 3. The number of aliphatic hydroxyl groups is 1. The average molecular weight is 431 g/mol. The lowest BCUT2D eigenvalue weighted by Crippen LogP contribution is -2.47. The molecule has 1 aromatic heterocycles. The molecule has 0 aliphatic rings. The Morgan fingerprint density at radius 3 is 2.61 bits per heavy atom. The fourth-order valence-electron chi connectivity index (χ4n) is 3.10. The van der Waals surface area contributed by atoms with Crippen LogP contribution in [0.25, 0.3) is 10.9 Å². The van der Waals surface area contributed by atoms with E-state index in [0.29, 0.717) is 6.21 Å². The molecule has 0 saturated heterocycles. The van der Waals surface area contributed by atoms with E-state index in [0.717, 1.165) is 22.2 Å². The molecule has 1 heterocycles. The second kappa shape index (κ2) is 10.7. The van der Waals surface area contributed by atoms with Crippen molar-refractivity contribution in [3.63, 3.8) is 0 Å². The van der Waals surface area contributed by atoms with Crippen LogP contribution in [0.5, 0.6) is 0 Å². The van der Waals surface area contributed by atoms with Gasteiger partial charge in [0.05, 0.1) is 12.3 Å². The number of nitrogens with zero attached hydrogens (tertiary/aromatic N) is 1. The molecule has 2 atom stereocenters. The summed E-state index contributed by atoms with van der Waals surface area (Å²) in [5.41, 5.74) is 2.64. The van der Waals surface area contributed by atoms with Crippen molar-refractivity contribution in [2.45, 2.75) is 51.4 Å². The number of anilines is 1. The third-order valence-electron chi connectivity index (χ3n) is 4.78. The Hall–Kier alpha value is -3.20. The third kappa shape index (κ3) is 6.65. The molecule has 0 unspecified atom stereocenters. The van der Waals surface area contributed by atoms with Crippen LogP contribution in [0.15, 0.2) is 24.4 Å². The topological polar surface area (TPSA) is 136 Å². The zero-order valence-corrected chi connectivity index (χ0v) is 18.3. The van der Waals surface area contributed by atoms with Crippen LogP contribution in [-0.2, 0) is 25.5 Å². The number of aromatic nitrogens is 1. The van der Waals surface area contributed by atoms with E-state index in [2.05, 4.69) is 10.3 Å². The number of fused-ring (bicyclic) bond motifs is 1. The normalized spacial score (nSPS) is 13.0. The molecule has 2 rings (SSSR count). The number of aromatic amines is 1. The number of hydrogen-bond acceptors (Lipinski definition) is 7. The summed E-state index contributed by atoms with van der Waals surface area (Å²) in [6, 6.07) is 4.78. The number of nitrogens with one attached hydrogen (secondary N) is 3. The minimum absolute atomic E-state index is 0.0164. The summed E-state index contributed by atoms with van der Waals surface area (Å²) < 4.78 is 5.14. The van der Waals surface area contributed by atoms with Gasteiger partial charge in [-0.1, -0.05) is 0 Å². The van der Waals surface area contributed by atoms with Crippen molar-refractivity contribution >= 4 is 40.5 Å². The molecule has 9 heteroatoms. The number of H-pyrrole nitrogens is 1. The Morgan fingerprint density at radius 2 is 2.00 bits per heavy atom. The number of carbonyl (C=O) groups is 3. The van der Waals surface area contributed by atoms with Crippen molar-refractivity contribution in [1.29, 1.82) is 5.41 Å². The van der Waals surface area contributed by atoms with E-state index in [1.807, 2.05) is 37.2 Å². The van der Waals surface area contributed by atoms with Crippen molar-refractivity contribution in [2.75, 3.05) is 19.0 Å². The van der Waals surface area contributed by atoms with Gasteiger partial charge in [-0.2, -0.15) is 0 Å². The van der Waals surface area contributed by atoms with Gasteiger partial charge in [0, 0.05) is 49.7 Å². The number of aliphatic hydroxyl groups excluding tert-OH is 1. The van der Waals surface area contributed by atoms with Gasteiger partial charge in [-0.3, -0.25) is 9.59 Å². The first-order valence-electron chi connectivity index (χ1n) is 10.1. The van der Waals surface area contributed by atoms with Crippen molar-refractivity contribution in [3.05, 3.63) is 30.0 Å². The highest BCUT2D eigenvalue weighted by atomic mass is 16.5. The standard InChI is InChI=1S/C22H30N4O5/c1-13(2)31-22(30)19(8-6-16(27)11-23)25-21(29)20(28)9-14-12-24-18-7-5-15(26(3)4)10-17(14)18/h5,7,10-13,19-20,23-24,28H,6,8-9H2,1-4H3,(H,25,29)/t19-,20-/m0/s1. The smallest absolute Gasteiger partial charge is 0.328 e. The quantitative estimate of drug-likeness (QED) is 0.316. The van der Waals surface area contributed by atoms with Crippen LogP contribution in [0.2, 0.25) is 0 Å². The molecule has 0 saturated carbocycles. The van der Waals surface area contributed by atoms with Crippen LogP contribution in [-0.4, -0.2) is 66.3 Å². The van der Waals surface area contributed by atoms with Gasteiger partial charge >= 0.3 is 5.97 Å². The van der Waals surface area contributed by atoms with Gasteiger partial charge in [-0.25, -0.2) is 4.79 Å². The molecule has 4 N–H and O–H groups in total. The molecular formula is C22H30N4O5. The maximum absolute atomic E-state index is 12.6. The van der Waals surface area contributed by atoms with Crippen molar-refractivity contribution in [1.82, 2.24) is 10.3 Å². The molecule has 1 amide bonds. The zero-order chi connectivity index (χ0) is 23.1. The summed E-state index contributed by atoms with van der Waals surface area (Å²) in [4.78, 5) is 41.4. The number of hydrogen-bond donors (Lipinski definition) is 4. The first-order chi connectivity index (χ1) is 14.6. The van der Waals surface area contributed by atoms with E-state index in [4.69, 9.17) is 10.1 Å². The summed E-state index contributed by atoms with van der Waals surface area (Å²) in [6.07, 6.45) is 0.565. The van der Waals surface area contributed by atoms with Crippen LogP contribution >= 0.6 is 0 Å². The maximum Gasteiger partial charge on any atom is 0.328 e. The number of benzene rings is 1. The van der Waals surface area contributed by atoms with Gasteiger partial charge in [-0.15, -0.1) is 0 Å². The Bertz CT molecular complexity index is 951. The van der Waals surface area contributed by atoms with E-state index in [-0.39, 0.29) is 19.3 Å². The summed E-state index contributed by atoms with van der Waals surface area (Å²) in [5, 5.41) is 20.8. The van der Waals surface area contributed by atoms with Crippen LogP contribution in [0.1, 0.15) is 32.3 Å². The molecule has 31 heavy (non-hydrogen) atoms. The molecule has 9 nitrogen and oxygen atoms in total. The van der Waals surface area contributed by atoms with Crippen molar-refractivity contribution < 1.29 is 24.2 Å². The van der Waals surface area contributed by atoms with E-state index in [9.17, 15) is 19.5 Å². The lowest BCUT2D eigenvalue weighted by Gasteiger charge is -2.20. The Balaban J connectivity index is 2.11. The first-order valence-corrected chi connectivity index (χ1v) is 10.1. The predicted molar refractivity (Wildman–Crippen MR) is 119 cm³/mol. The lowest BCUT2D eigenvalue weighted by atomic mass is 10.0. The number of esters is 1. The molecule has 0 aliphatic heterocycles. The summed E-state index contributed by atoms with van der Waals surface area (Å²) in [7, 11) is 3.85. The first kappa shape index (κ1) is 24.1. The highest BCUT2D eigenvalue weighted by Crippen LogP contribution is 2.24. The molecule has 0 aliphatic carbocycles. The summed E-state index contributed by atoms with van der Waals surface area (Å²) >= 11 is 0. The number of ketones is 1. The minimum atomic E-state index is -1.39. The molecule has 1 aromatic carbocycles. The zero-order valence-electron chi connectivity index (χ0n) is 18.3. The monoisotopic (exact) mass is 430 g/mol. The Morgan fingerprint density at radius 1 is 1.29 bits per heavy atom. The Labute approximate surface area is 181 Å². The Kier molecular flexibility index (Phi) is 8.32. The van der Waals surface area contributed by atoms with Crippen LogP contribution < -0.4 is 10.2 Å². The van der Waals surface area contributed by atoms with E-state index in [1.54, 1.807) is 20.0 Å². The average Bonchev–Trinajstić information content (AvgIpc) is 3.11. The SMILES string of the molecule is CC(C)OC(=O)[C@H](CCC(=O)C=N)NC(=O)[C@@H](O)Cc1c[nH]c2ccc(N(C)C)cc12. The van der Waals surface area contributed by atoms with Gasteiger partial charge in [0.15, 0.2) is 5.78 Å². The molecule has 0 fully saturated rings. The molecular weight excluding hydrogens is 400 g/mol. The minimum Gasteiger partial charge on any atom is -0.461 e. The van der Waals surface area contributed by atoms with Crippen LogP contribution in [0.3, 0.4) is 0 Å². The molecule has 0 bridgehead atoms. The maximum atomic E-state index is 12.6. The van der Waals surface area contributed by atoms with E-state index >= 15 is 0 Å². The number of ether oxygens (including phenoxy) is 1. The van der Waals surface area contributed by atoms with Gasteiger partial charge in [0.1, 0.15) is 12.1 Å². The largest absolute Gasteiger partial charge is 0.461 e. The second-order valence-electron chi connectivity index (χ2n) is 7.85. The fourth-order valence-corrected chi connectivity index (χ4v) is 3.10. The number of amides is 1. The lowest BCUT2D eigenvalue weighted by molar-refractivity contribution is -0.152. The highest BCUT2D eigenvalue weighted by Gasteiger charge is 2.27. The van der Waals surface area contributed by atoms with Crippen molar-refractivity contribution in [2.24, 2.45) is 0 Å². The van der Waals surface area contributed by atoms with Gasteiger partial charge < -0.3 is 30.5 Å².